The number of hydrazine groups is 2. The summed E-state index contributed by atoms with van der Waals surface area (Å²) >= 11 is 6.31. The first-order valence-corrected chi connectivity index (χ1v) is 7.68. The van der Waals surface area contributed by atoms with Crippen LogP contribution in [0.5, 0.6) is 5.75 Å². The molecule has 120 valence electrons. The highest BCUT2D eigenvalue weighted by molar-refractivity contribution is 6.31. The van der Waals surface area contributed by atoms with Crippen molar-refractivity contribution in [3.8, 4) is 5.75 Å². The van der Waals surface area contributed by atoms with Crippen LogP contribution in [0.25, 0.3) is 0 Å². The number of nitrogens with zero attached hydrogens (tertiary/aromatic N) is 2. The minimum Gasteiger partial charge on any atom is -0.478 e. The smallest absolute Gasteiger partial charge is 0.282 e. The van der Waals surface area contributed by atoms with Gasteiger partial charge in [-0.3, -0.25) is 4.79 Å². The number of hydrogen-bond donors (Lipinski definition) is 1. The monoisotopic (exact) mass is 331 g/mol. The van der Waals surface area contributed by atoms with Gasteiger partial charge in [-0.25, -0.2) is 10.0 Å². The van der Waals surface area contributed by atoms with Crippen molar-refractivity contribution >= 4 is 17.5 Å². The Balaban J connectivity index is 1.89. The second kappa shape index (κ2) is 6.58. The van der Waals surface area contributed by atoms with Crippen molar-refractivity contribution in [2.24, 2.45) is 0 Å². The zero-order valence-corrected chi connectivity index (χ0v) is 13.7. The van der Waals surface area contributed by atoms with Crippen molar-refractivity contribution in [2.45, 2.75) is 12.1 Å². The molecule has 0 unspecified atom stereocenters. The molecule has 1 N–H and O–H groups in total. The van der Waals surface area contributed by atoms with E-state index in [-0.39, 0.29) is 11.9 Å². The third-order valence-electron chi connectivity index (χ3n) is 3.58. The molecule has 2 aromatic rings. The summed E-state index contributed by atoms with van der Waals surface area (Å²) < 4.78 is 5.89. The summed E-state index contributed by atoms with van der Waals surface area (Å²) in [5.74, 6) is 0.528. The summed E-state index contributed by atoms with van der Waals surface area (Å²) in [6.07, 6.45) is -0.607. The van der Waals surface area contributed by atoms with Gasteiger partial charge in [0.15, 0.2) is 0 Å². The predicted molar refractivity (Wildman–Crippen MR) is 88.7 cm³/mol. The Morgan fingerprint density at radius 3 is 2.39 bits per heavy atom. The molecule has 0 bridgehead atoms. The summed E-state index contributed by atoms with van der Waals surface area (Å²) in [5, 5.41) is 3.85. The molecule has 1 amide bonds. The van der Waals surface area contributed by atoms with Gasteiger partial charge >= 0.3 is 0 Å². The molecule has 1 aliphatic rings. The van der Waals surface area contributed by atoms with Gasteiger partial charge < -0.3 is 4.74 Å². The Kier molecular flexibility index (Phi) is 4.52. The maximum Gasteiger partial charge on any atom is 0.282 e. The molecule has 1 heterocycles. The van der Waals surface area contributed by atoms with E-state index in [0.717, 1.165) is 5.56 Å². The van der Waals surface area contributed by atoms with Crippen LogP contribution in [0.3, 0.4) is 0 Å². The van der Waals surface area contributed by atoms with Crippen LogP contribution in [0.15, 0.2) is 54.6 Å². The van der Waals surface area contributed by atoms with E-state index in [4.69, 9.17) is 16.3 Å². The largest absolute Gasteiger partial charge is 0.478 e. The summed E-state index contributed by atoms with van der Waals surface area (Å²) in [5.41, 5.74) is 3.85. The van der Waals surface area contributed by atoms with Crippen molar-refractivity contribution < 1.29 is 9.53 Å². The number of hydrogen-bond acceptors (Lipinski definition) is 4. The lowest BCUT2D eigenvalue weighted by molar-refractivity contribution is -0.180. The lowest BCUT2D eigenvalue weighted by Gasteiger charge is -2.47. The third kappa shape index (κ3) is 3.17. The second-order valence-corrected chi connectivity index (χ2v) is 5.93. The van der Waals surface area contributed by atoms with Gasteiger partial charge in [0.25, 0.3) is 5.91 Å². The molecule has 0 radical (unpaired) electrons. The number of carbonyl (C=O) groups excluding carboxylic acids is 1. The number of carbonyl (C=O) groups is 1. The van der Waals surface area contributed by atoms with E-state index in [2.05, 4.69) is 5.53 Å². The molecular weight excluding hydrogens is 314 g/mol. The van der Waals surface area contributed by atoms with Crippen LogP contribution in [-0.2, 0) is 4.79 Å². The fourth-order valence-electron chi connectivity index (χ4n) is 2.57. The molecule has 5 nitrogen and oxygen atoms in total. The normalized spacial score (nSPS) is 20.5. The first kappa shape index (κ1) is 15.8. The van der Waals surface area contributed by atoms with E-state index >= 15 is 0 Å². The molecule has 1 fully saturated rings. The fraction of sp³-hybridized carbons (Fsp3) is 0.235. The van der Waals surface area contributed by atoms with E-state index in [1.807, 2.05) is 68.7 Å². The topological polar surface area (TPSA) is 44.8 Å². The van der Waals surface area contributed by atoms with Crippen LogP contribution in [0.2, 0.25) is 5.02 Å². The molecule has 0 spiro atoms. The molecule has 3 rings (SSSR count). The molecule has 1 saturated heterocycles. The van der Waals surface area contributed by atoms with Gasteiger partial charge in [-0.05, 0) is 23.8 Å². The van der Waals surface area contributed by atoms with Crippen molar-refractivity contribution in [1.82, 2.24) is 15.6 Å². The summed E-state index contributed by atoms with van der Waals surface area (Å²) in [6, 6.07) is 16.5. The van der Waals surface area contributed by atoms with Gasteiger partial charge in [0.2, 0.25) is 6.10 Å². The van der Waals surface area contributed by atoms with Crippen molar-refractivity contribution in [2.75, 3.05) is 14.1 Å². The van der Waals surface area contributed by atoms with Crippen LogP contribution in [-0.4, -0.2) is 36.1 Å². The number of ether oxygens (including phenoxy) is 1. The van der Waals surface area contributed by atoms with E-state index in [9.17, 15) is 4.79 Å². The molecule has 0 aliphatic carbocycles. The lowest BCUT2D eigenvalue weighted by Crippen LogP contribution is -2.68. The first-order valence-electron chi connectivity index (χ1n) is 7.31. The van der Waals surface area contributed by atoms with Crippen LogP contribution in [0.1, 0.15) is 11.6 Å². The van der Waals surface area contributed by atoms with E-state index < -0.39 is 6.10 Å². The molecule has 0 aromatic heterocycles. The Morgan fingerprint density at radius 1 is 1.09 bits per heavy atom. The number of benzene rings is 2. The van der Waals surface area contributed by atoms with Gasteiger partial charge in [0.1, 0.15) is 11.8 Å². The van der Waals surface area contributed by atoms with E-state index in [1.165, 1.54) is 5.01 Å². The molecule has 6 heteroatoms. The van der Waals surface area contributed by atoms with Crippen LogP contribution < -0.4 is 10.3 Å². The number of halogens is 1. The summed E-state index contributed by atoms with van der Waals surface area (Å²) in [7, 11) is 3.64. The number of nitrogens with one attached hydrogen (secondary N) is 1. The molecule has 2 atom stereocenters. The van der Waals surface area contributed by atoms with Gasteiger partial charge in [-0.2, -0.15) is 5.53 Å². The van der Waals surface area contributed by atoms with Crippen LogP contribution in [0, 0.1) is 0 Å². The van der Waals surface area contributed by atoms with Gasteiger partial charge in [-0.15, -0.1) is 0 Å². The SMILES string of the molecule is CN(C)NN1C(=O)[C@@H](Oc2ccccc2)[C@H]1c1ccccc1Cl. The second-order valence-electron chi connectivity index (χ2n) is 5.52. The van der Waals surface area contributed by atoms with Crippen molar-refractivity contribution in [3.63, 3.8) is 0 Å². The number of amides is 1. The number of para-hydroxylation sites is 1. The van der Waals surface area contributed by atoms with Crippen molar-refractivity contribution in [3.05, 3.63) is 65.2 Å². The molecule has 1 aliphatic heterocycles. The van der Waals surface area contributed by atoms with Crippen molar-refractivity contribution in [1.29, 1.82) is 0 Å². The summed E-state index contributed by atoms with van der Waals surface area (Å²) in [4.78, 5) is 12.5. The quantitative estimate of drug-likeness (QED) is 0.676. The van der Waals surface area contributed by atoms with E-state index in [0.29, 0.717) is 10.8 Å². The highest BCUT2D eigenvalue weighted by atomic mass is 35.5. The Bertz CT molecular complexity index is 693. The van der Waals surface area contributed by atoms with Crippen LogP contribution >= 0.6 is 11.6 Å². The molecule has 23 heavy (non-hydrogen) atoms. The third-order valence-corrected chi connectivity index (χ3v) is 3.93. The minimum atomic E-state index is -0.607. The number of β-lactam (4-membered cyclic amide) rings is 1. The summed E-state index contributed by atoms with van der Waals surface area (Å²) in [6.45, 7) is 0. The first-order chi connectivity index (χ1) is 11.1. The van der Waals surface area contributed by atoms with E-state index in [1.54, 1.807) is 5.01 Å². The maximum absolute atomic E-state index is 12.5. The predicted octanol–water partition coefficient (Wildman–Crippen LogP) is 2.65. The average molecular weight is 332 g/mol. The molecular formula is C17H18ClN3O2. The lowest BCUT2D eigenvalue weighted by atomic mass is 9.92. The highest BCUT2D eigenvalue weighted by Crippen LogP contribution is 2.39. The Hall–Kier alpha value is -2.08. The van der Waals surface area contributed by atoms with Gasteiger partial charge in [0.05, 0.1) is 0 Å². The Morgan fingerprint density at radius 2 is 1.74 bits per heavy atom. The average Bonchev–Trinajstić information content (AvgIpc) is 2.55. The minimum absolute atomic E-state index is 0.132. The Labute approximate surface area is 140 Å². The molecule has 2 aromatic carbocycles. The highest BCUT2D eigenvalue weighted by Gasteiger charge is 2.51. The maximum atomic E-state index is 12.5. The van der Waals surface area contributed by atoms with Crippen LogP contribution in [0.4, 0.5) is 0 Å². The van der Waals surface area contributed by atoms with Gasteiger partial charge in [0, 0.05) is 19.1 Å². The molecule has 0 saturated carbocycles. The zero-order valence-electron chi connectivity index (χ0n) is 12.9. The van der Waals surface area contributed by atoms with Gasteiger partial charge in [-0.1, -0.05) is 48.0 Å². The zero-order chi connectivity index (χ0) is 16.4. The number of rotatable bonds is 5. The fourth-order valence-corrected chi connectivity index (χ4v) is 2.81. The standard InChI is InChI=1S/C17H18ClN3O2/c1-20(2)19-21-15(13-10-6-7-11-14(13)18)16(17(21)22)23-12-8-4-3-5-9-12/h3-11,15-16,19H,1-2H3/t15-,16+/m1/s1.